The predicted octanol–water partition coefficient (Wildman–Crippen LogP) is 2.86. The first-order valence-electron chi connectivity index (χ1n) is 7.66. The second-order valence-electron chi connectivity index (χ2n) is 6.60. The Kier molecular flexibility index (Phi) is 3.79. The number of amides is 2. The molecule has 0 fully saturated rings. The molecule has 0 bridgehead atoms. The van der Waals surface area contributed by atoms with Crippen molar-refractivity contribution in [2.24, 2.45) is 0 Å². The number of nitrogens with zero attached hydrogens (tertiary/aromatic N) is 2. The Bertz CT molecular complexity index is 804. The van der Waals surface area contributed by atoms with E-state index in [1.807, 2.05) is 0 Å². The molecule has 0 spiro atoms. The minimum atomic E-state index is -0.682. The third-order valence-corrected chi connectivity index (χ3v) is 3.61. The number of carbonyl (C=O) groups is 2. The highest BCUT2D eigenvalue weighted by Gasteiger charge is 2.37. The van der Waals surface area contributed by atoms with Gasteiger partial charge in [-0.1, -0.05) is 23.4 Å². The first kappa shape index (κ1) is 16.0. The summed E-state index contributed by atoms with van der Waals surface area (Å²) >= 11 is 0. The first-order chi connectivity index (χ1) is 11.3. The average molecular weight is 329 g/mol. The molecular formula is C17H19N3O4. The van der Waals surface area contributed by atoms with Gasteiger partial charge in [0.25, 0.3) is 5.91 Å². The molecule has 0 saturated carbocycles. The van der Waals surface area contributed by atoms with Gasteiger partial charge in [-0.25, -0.2) is 9.69 Å². The summed E-state index contributed by atoms with van der Waals surface area (Å²) in [6.07, 6.45) is -0.286. The molecule has 3 rings (SSSR count). The van der Waals surface area contributed by atoms with Gasteiger partial charge in [0.2, 0.25) is 0 Å². The van der Waals surface area contributed by atoms with Gasteiger partial charge in [-0.15, -0.1) is 0 Å². The number of hydrogen-bond donors (Lipinski definition) is 1. The fourth-order valence-corrected chi connectivity index (χ4v) is 2.55. The lowest BCUT2D eigenvalue weighted by atomic mass is 10.00. The van der Waals surface area contributed by atoms with Crippen molar-refractivity contribution < 1.29 is 18.8 Å². The van der Waals surface area contributed by atoms with E-state index >= 15 is 0 Å². The van der Waals surface area contributed by atoms with Gasteiger partial charge in [0.05, 0.1) is 0 Å². The Balaban J connectivity index is 1.97. The Labute approximate surface area is 139 Å². The summed E-state index contributed by atoms with van der Waals surface area (Å²) in [5, 5.41) is 3.99. The van der Waals surface area contributed by atoms with Crippen LogP contribution in [0, 0.1) is 0 Å². The van der Waals surface area contributed by atoms with Gasteiger partial charge in [0.15, 0.2) is 5.76 Å². The Hall–Kier alpha value is -2.83. The fraction of sp³-hybridized carbons (Fsp3) is 0.353. The molecule has 1 aromatic heterocycles. The lowest BCUT2D eigenvalue weighted by Gasteiger charge is -2.28. The van der Waals surface area contributed by atoms with Crippen molar-refractivity contribution in [3.8, 4) is 11.3 Å². The van der Waals surface area contributed by atoms with Crippen LogP contribution in [0.1, 0.15) is 36.9 Å². The Morgan fingerprint density at radius 1 is 1.33 bits per heavy atom. The number of nitrogens with two attached hydrogens (primary N) is 1. The highest BCUT2D eigenvalue weighted by molar-refractivity contribution is 6.08. The van der Waals surface area contributed by atoms with E-state index in [-0.39, 0.29) is 12.1 Å². The summed E-state index contributed by atoms with van der Waals surface area (Å²) in [4.78, 5) is 26.1. The SMILES string of the molecule is CC(C)(C)OC(=O)N1CCc2onc(-c3ccccc3N)c2C1=O. The molecular weight excluding hydrogens is 310 g/mol. The van der Waals surface area contributed by atoms with Crippen LogP contribution in [0.25, 0.3) is 11.3 Å². The number of hydrogen-bond acceptors (Lipinski definition) is 6. The monoisotopic (exact) mass is 329 g/mol. The Morgan fingerprint density at radius 2 is 2.04 bits per heavy atom. The van der Waals surface area contributed by atoms with Crippen LogP contribution in [0.5, 0.6) is 0 Å². The number of carbonyl (C=O) groups excluding carboxylic acids is 2. The molecule has 0 atom stereocenters. The number of rotatable bonds is 1. The van der Waals surface area contributed by atoms with Gasteiger partial charge >= 0.3 is 6.09 Å². The van der Waals surface area contributed by atoms with E-state index in [0.29, 0.717) is 29.1 Å². The highest BCUT2D eigenvalue weighted by Crippen LogP contribution is 2.33. The maximum absolute atomic E-state index is 12.8. The molecule has 2 N–H and O–H groups in total. The van der Waals surface area contributed by atoms with Crippen molar-refractivity contribution in [1.82, 2.24) is 10.1 Å². The van der Waals surface area contributed by atoms with Crippen molar-refractivity contribution in [1.29, 1.82) is 0 Å². The van der Waals surface area contributed by atoms with E-state index in [2.05, 4.69) is 5.16 Å². The van der Waals surface area contributed by atoms with E-state index in [1.54, 1.807) is 45.0 Å². The number of nitrogen functional groups attached to an aromatic ring is 1. The van der Waals surface area contributed by atoms with Gasteiger partial charge in [-0.2, -0.15) is 0 Å². The predicted molar refractivity (Wildman–Crippen MR) is 87.3 cm³/mol. The molecule has 1 aliphatic heterocycles. The standard InChI is InChI=1S/C17H19N3O4/c1-17(2,3)23-16(22)20-9-8-12-13(15(20)21)14(19-24-12)10-6-4-5-7-11(10)18/h4-7H,8-9,18H2,1-3H3. The number of aromatic nitrogens is 1. The second-order valence-corrected chi connectivity index (χ2v) is 6.60. The summed E-state index contributed by atoms with van der Waals surface area (Å²) < 4.78 is 10.6. The van der Waals surface area contributed by atoms with Gasteiger partial charge in [-0.05, 0) is 26.8 Å². The molecule has 1 aliphatic rings. The molecule has 7 heteroatoms. The van der Waals surface area contributed by atoms with E-state index < -0.39 is 17.6 Å². The van der Waals surface area contributed by atoms with Crippen LogP contribution in [0.2, 0.25) is 0 Å². The first-order valence-corrected chi connectivity index (χ1v) is 7.66. The number of anilines is 1. The number of imide groups is 1. The highest BCUT2D eigenvalue weighted by atomic mass is 16.6. The molecule has 0 saturated heterocycles. The summed E-state index contributed by atoms with van der Waals surface area (Å²) in [5.41, 5.74) is 6.99. The van der Waals surface area contributed by atoms with E-state index in [9.17, 15) is 9.59 Å². The zero-order valence-electron chi connectivity index (χ0n) is 13.8. The number of para-hydroxylation sites is 1. The zero-order valence-corrected chi connectivity index (χ0v) is 13.8. The van der Waals surface area contributed by atoms with Crippen LogP contribution < -0.4 is 5.73 Å². The van der Waals surface area contributed by atoms with Crippen molar-refractivity contribution in [3.63, 3.8) is 0 Å². The van der Waals surface area contributed by atoms with Crippen molar-refractivity contribution >= 4 is 17.7 Å². The van der Waals surface area contributed by atoms with Crippen LogP contribution >= 0.6 is 0 Å². The normalized spacial score (nSPS) is 14.5. The van der Waals surface area contributed by atoms with Gasteiger partial charge in [0, 0.05) is 24.2 Å². The van der Waals surface area contributed by atoms with Crippen molar-refractivity contribution in [3.05, 3.63) is 35.6 Å². The molecule has 0 aliphatic carbocycles. The van der Waals surface area contributed by atoms with Gasteiger partial charge < -0.3 is 15.0 Å². The molecule has 24 heavy (non-hydrogen) atoms. The van der Waals surface area contributed by atoms with Gasteiger partial charge in [-0.3, -0.25) is 4.79 Å². The summed E-state index contributed by atoms with van der Waals surface area (Å²) in [6.45, 7) is 5.44. The maximum Gasteiger partial charge on any atom is 0.417 e. The number of benzene rings is 1. The van der Waals surface area contributed by atoms with Crippen molar-refractivity contribution in [2.45, 2.75) is 32.8 Å². The molecule has 2 heterocycles. The molecule has 2 aromatic rings. The Morgan fingerprint density at radius 3 is 2.71 bits per heavy atom. The van der Waals surface area contributed by atoms with E-state index in [0.717, 1.165) is 4.90 Å². The van der Waals surface area contributed by atoms with E-state index in [1.165, 1.54) is 0 Å². The second kappa shape index (κ2) is 5.67. The van der Waals surface area contributed by atoms with Crippen LogP contribution in [-0.2, 0) is 11.2 Å². The quantitative estimate of drug-likeness (QED) is 0.808. The molecule has 7 nitrogen and oxygen atoms in total. The zero-order chi connectivity index (χ0) is 17.5. The fourth-order valence-electron chi connectivity index (χ4n) is 2.55. The minimum Gasteiger partial charge on any atom is -0.443 e. The molecule has 1 aromatic carbocycles. The van der Waals surface area contributed by atoms with Crippen molar-refractivity contribution in [2.75, 3.05) is 12.3 Å². The topological polar surface area (TPSA) is 98.7 Å². The molecule has 126 valence electrons. The summed E-state index contributed by atoms with van der Waals surface area (Å²) in [5.74, 6) is -0.0249. The largest absolute Gasteiger partial charge is 0.443 e. The lowest BCUT2D eigenvalue weighted by Crippen LogP contribution is -2.44. The van der Waals surface area contributed by atoms with Gasteiger partial charge in [0.1, 0.15) is 16.9 Å². The lowest BCUT2D eigenvalue weighted by molar-refractivity contribution is 0.0229. The summed E-state index contributed by atoms with van der Waals surface area (Å²) in [6, 6.07) is 7.06. The molecule has 0 radical (unpaired) electrons. The smallest absolute Gasteiger partial charge is 0.417 e. The van der Waals surface area contributed by atoms with Crippen LogP contribution in [-0.4, -0.2) is 34.2 Å². The third kappa shape index (κ3) is 2.84. The average Bonchev–Trinajstić information content (AvgIpc) is 2.91. The maximum atomic E-state index is 12.8. The number of fused-ring (bicyclic) bond motifs is 1. The van der Waals surface area contributed by atoms with Crippen LogP contribution in [0.3, 0.4) is 0 Å². The van der Waals surface area contributed by atoms with Crippen LogP contribution in [0.4, 0.5) is 10.5 Å². The molecule has 0 unspecified atom stereocenters. The van der Waals surface area contributed by atoms with Crippen LogP contribution in [0.15, 0.2) is 28.8 Å². The van der Waals surface area contributed by atoms with E-state index in [4.69, 9.17) is 15.0 Å². The molecule has 2 amide bonds. The number of ether oxygens (including phenoxy) is 1. The third-order valence-electron chi connectivity index (χ3n) is 3.61. The summed E-state index contributed by atoms with van der Waals surface area (Å²) in [7, 11) is 0. The minimum absolute atomic E-state index is 0.194.